The maximum absolute atomic E-state index is 9.27. The minimum atomic E-state index is -0.793. The Hall–Kier alpha value is -0.160. The third kappa shape index (κ3) is 9.92. The lowest BCUT2D eigenvalue weighted by Crippen LogP contribution is -2.16. The first-order valence-corrected chi connectivity index (χ1v) is 5.18. The molecule has 0 saturated carbocycles. The van der Waals surface area contributed by atoms with E-state index in [0.29, 0.717) is 25.9 Å². The van der Waals surface area contributed by atoms with Crippen LogP contribution in [0.25, 0.3) is 0 Å². The first kappa shape index (κ1) is 13.8. The van der Waals surface area contributed by atoms with Gasteiger partial charge in [0.15, 0.2) is 6.29 Å². The predicted octanol–water partition coefficient (Wildman–Crippen LogP) is 0.643. The van der Waals surface area contributed by atoms with Crippen LogP contribution in [0.15, 0.2) is 0 Å². The summed E-state index contributed by atoms with van der Waals surface area (Å²) in [5.41, 5.74) is 0. The fourth-order valence-corrected chi connectivity index (χ4v) is 1.07. The van der Waals surface area contributed by atoms with Crippen molar-refractivity contribution in [2.75, 3.05) is 6.61 Å². The second-order valence-electron chi connectivity index (χ2n) is 3.74. The molecule has 86 valence electrons. The van der Waals surface area contributed by atoms with Crippen molar-refractivity contribution in [3.05, 3.63) is 0 Å². The van der Waals surface area contributed by atoms with Gasteiger partial charge in [0, 0.05) is 13.0 Å². The SMILES string of the molecule is CC(O)CCCOC(O)CCC(C)O. The largest absolute Gasteiger partial charge is 0.393 e. The van der Waals surface area contributed by atoms with Crippen LogP contribution in [0, 0.1) is 0 Å². The van der Waals surface area contributed by atoms with Gasteiger partial charge in [-0.2, -0.15) is 0 Å². The van der Waals surface area contributed by atoms with E-state index in [1.165, 1.54) is 0 Å². The number of hydrogen-bond donors (Lipinski definition) is 3. The van der Waals surface area contributed by atoms with Gasteiger partial charge in [-0.05, 0) is 33.1 Å². The first-order valence-electron chi connectivity index (χ1n) is 5.18. The summed E-state index contributed by atoms with van der Waals surface area (Å²) in [7, 11) is 0. The van der Waals surface area contributed by atoms with Crippen molar-refractivity contribution in [1.82, 2.24) is 0 Å². The quantitative estimate of drug-likeness (QED) is 0.403. The second kappa shape index (κ2) is 8.17. The van der Waals surface area contributed by atoms with E-state index >= 15 is 0 Å². The van der Waals surface area contributed by atoms with Crippen molar-refractivity contribution in [1.29, 1.82) is 0 Å². The molecule has 3 N–H and O–H groups in total. The highest BCUT2D eigenvalue weighted by Gasteiger charge is 2.06. The van der Waals surface area contributed by atoms with Gasteiger partial charge in [-0.25, -0.2) is 0 Å². The molecule has 0 aromatic carbocycles. The molecule has 0 aromatic heterocycles. The average Bonchev–Trinajstić information content (AvgIpc) is 2.08. The Morgan fingerprint density at radius 2 is 1.50 bits per heavy atom. The van der Waals surface area contributed by atoms with Crippen LogP contribution in [0.5, 0.6) is 0 Å². The van der Waals surface area contributed by atoms with Gasteiger partial charge in [0.05, 0.1) is 12.2 Å². The van der Waals surface area contributed by atoms with Crippen molar-refractivity contribution < 1.29 is 20.1 Å². The lowest BCUT2D eigenvalue weighted by atomic mass is 10.2. The molecule has 0 spiro atoms. The zero-order valence-corrected chi connectivity index (χ0v) is 9.02. The van der Waals surface area contributed by atoms with Crippen LogP contribution >= 0.6 is 0 Å². The van der Waals surface area contributed by atoms with Crippen LogP contribution in [0.1, 0.15) is 39.5 Å². The molecule has 4 nitrogen and oxygen atoms in total. The zero-order chi connectivity index (χ0) is 11.0. The van der Waals surface area contributed by atoms with Crippen LogP contribution in [0.4, 0.5) is 0 Å². The fraction of sp³-hybridized carbons (Fsp3) is 1.00. The molecule has 0 heterocycles. The topological polar surface area (TPSA) is 69.9 Å². The minimum Gasteiger partial charge on any atom is -0.393 e. The van der Waals surface area contributed by atoms with Crippen molar-refractivity contribution in [2.45, 2.75) is 58.0 Å². The second-order valence-corrected chi connectivity index (χ2v) is 3.74. The Kier molecular flexibility index (Phi) is 8.08. The molecule has 0 fully saturated rings. The molecule has 0 aliphatic carbocycles. The molecule has 3 unspecified atom stereocenters. The van der Waals surface area contributed by atoms with Crippen LogP contribution in [0.2, 0.25) is 0 Å². The van der Waals surface area contributed by atoms with Crippen molar-refractivity contribution in [3.63, 3.8) is 0 Å². The highest BCUT2D eigenvalue weighted by atomic mass is 16.6. The van der Waals surface area contributed by atoms with E-state index in [4.69, 9.17) is 14.9 Å². The van der Waals surface area contributed by atoms with E-state index < -0.39 is 12.4 Å². The van der Waals surface area contributed by atoms with Gasteiger partial charge in [-0.15, -0.1) is 0 Å². The molecular weight excluding hydrogens is 184 g/mol. The normalized spacial score (nSPS) is 17.8. The van der Waals surface area contributed by atoms with Crippen molar-refractivity contribution in [3.8, 4) is 0 Å². The Balaban J connectivity index is 3.22. The summed E-state index contributed by atoms with van der Waals surface area (Å²) in [6.07, 6.45) is 0.911. The molecule has 0 bridgehead atoms. The smallest absolute Gasteiger partial charge is 0.154 e. The van der Waals surface area contributed by atoms with E-state index in [1.807, 2.05) is 0 Å². The standard InChI is InChI=1S/C10H22O4/c1-8(11)4-3-7-14-10(13)6-5-9(2)12/h8-13H,3-7H2,1-2H3. The molecule has 0 saturated heterocycles. The maximum atomic E-state index is 9.27. The summed E-state index contributed by atoms with van der Waals surface area (Å²) in [5, 5.41) is 27.2. The van der Waals surface area contributed by atoms with Gasteiger partial charge in [0.1, 0.15) is 0 Å². The van der Waals surface area contributed by atoms with E-state index in [1.54, 1.807) is 13.8 Å². The monoisotopic (exact) mass is 206 g/mol. The highest BCUT2D eigenvalue weighted by molar-refractivity contribution is 4.51. The summed E-state index contributed by atoms with van der Waals surface area (Å²) in [4.78, 5) is 0. The lowest BCUT2D eigenvalue weighted by Gasteiger charge is -2.13. The van der Waals surface area contributed by atoms with Gasteiger partial charge in [0.2, 0.25) is 0 Å². The molecule has 3 atom stereocenters. The Bertz CT molecular complexity index is 125. The summed E-state index contributed by atoms with van der Waals surface area (Å²) in [6.45, 7) is 3.86. The van der Waals surface area contributed by atoms with Gasteiger partial charge < -0.3 is 20.1 Å². The molecular formula is C10H22O4. The average molecular weight is 206 g/mol. The fourth-order valence-electron chi connectivity index (χ4n) is 1.07. The number of rotatable bonds is 8. The minimum absolute atomic E-state index is 0.312. The molecule has 4 heteroatoms. The predicted molar refractivity (Wildman–Crippen MR) is 53.8 cm³/mol. The molecule has 14 heavy (non-hydrogen) atoms. The van der Waals surface area contributed by atoms with Gasteiger partial charge in [-0.3, -0.25) is 0 Å². The highest BCUT2D eigenvalue weighted by Crippen LogP contribution is 2.04. The van der Waals surface area contributed by atoms with Crippen LogP contribution in [-0.4, -0.2) is 40.4 Å². The summed E-state index contributed by atoms with van der Waals surface area (Å²) in [6, 6.07) is 0. The van der Waals surface area contributed by atoms with Crippen LogP contribution in [-0.2, 0) is 4.74 Å². The van der Waals surface area contributed by atoms with E-state index in [2.05, 4.69) is 0 Å². The molecule has 0 radical (unpaired) electrons. The van der Waals surface area contributed by atoms with Crippen molar-refractivity contribution in [2.24, 2.45) is 0 Å². The molecule has 0 aliphatic heterocycles. The van der Waals surface area contributed by atoms with Gasteiger partial charge in [-0.1, -0.05) is 0 Å². The third-order valence-electron chi connectivity index (χ3n) is 1.91. The lowest BCUT2D eigenvalue weighted by molar-refractivity contribution is -0.109. The van der Waals surface area contributed by atoms with Crippen LogP contribution < -0.4 is 0 Å². The van der Waals surface area contributed by atoms with E-state index in [0.717, 1.165) is 6.42 Å². The first-order chi connectivity index (χ1) is 6.52. The van der Waals surface area contributed by atoms with E-state index in [-0.39, 0.29) is 6.10 Å². The number of aliphatic hydroxyl groups is 3. The Morgan fingerprint density at radius 1 is 0.929 bits per heavy atom. The Morgan fingerprint density at radius 3 is 2.00 bits per heavy atom. The van der Waals surface area contributed by atoms with E-state index in [9.17, 15) is 5.11 Å². The van der Waals surface area contributed by atoms with Crippen molar-refractivity contribution >= 4 is 0 Å². The number of hydrogen-bond acceptors (Lipinski definition) is 4. The summed E-state index contributed by atoms with van der Waals surface area (Å²) in [5.74, 6) is 0. The maximum Gasteiger partial charge on any atom is 0.154 e. The molecule has 0 aliphatic rings. The number of ether oxygens (including phenoxy) is 1. The zero-order valence-electron chi connectivity index (χ0n) is 9.02. The third-order valence-corrected chi connectivity index (χ3v) is 1.91. The van der Waals surface area contributed by atoms with Gasteiger partial charge >= 0.3 is 0 Å². The molecule has 0 rings (SSSR count). The van der Waals surface area contributed by atoms with Gasteiger partial charge in [0.25, 0.3) is 0 Å². The number of aliphatic hydroxyl groups excluding tert-OH is 3. The molecule has 0 aromatic rings. The summed E-state index contributed by atoms with van der Waals surface area (Å²) >= 11 is 0. The van der Waals surface area contributed by atoms with Crippen LogP contribution in [0.3, 0.4) is 0 Å². The Labute approximate surface area is 85.5 Å². The molecule has 0 amide bonds. The summed E-state index contributed by atoms with van der Waals surface area (Å²) < 4.78 is 5.08.